The van der Waals surface area contributed by atoms with Crippen LogP contribution in [0.2, 0.25) is 0 Å². The van der Waals surface area contributed by atoms with Crippen LogP contribution in [0.3, 0.4) is 0 Å². The molecule has 0 amide bonds. The monoisotopic (exact) mass is 472 g/mol. The first-order chi connectivity index (χ1) is 16.6. The average molecular weight is 473 g/mol. The van der Waals surface area contributed by atoms with E-state index >= 15 is 0 Å². The zero-order valence-corrected chi connectivity index (χ0v) is 22.7. The standard InChI is InChI=1S/C33H44O2/c1-22(8-7-9-23-10-12-24(35-6)13-11-23)26-15-16-27-25-14-17-29-31(2,3)30(34)19-21-33(29,5)28(25)18-20-32(26,27)4/h10-13,16,22,26,29-30,34H,8,14-15,17-21H2,1-6H3/t22-,26-,29+,30+,32-,33-/m1/s1. The molecule has 0 aliphatic heterocycles. The highest BCUT2D eigenvalue weighted by atomic mass is 16.5. The van der Waals surface area contributed by atoms with Crippen LogP contribution in [0.1, 0.15) is 91.5 Å². The minimum absolute atomic E-state index is 0.00986. The Hall–Kier alpha value is -1.98. The molecule has 0 radical (unpaired) electrons. The third-order valence-corrected chi connectivity index (χ3v) is 10.9. The normalized spacial score (nSPS) is 36.2. The summed E-state index contributed by atoms with van der Waals surface area (Å²) in [5.41, 5.74) is 6.76. The van der Waals surface area contributed by atoms with Gasteiger partial charge in [-0.3, -0.25) is 0 Å². The first-order valence-electron chi connectivity index (χ1n) is 13.9. The molecule has 1 N–H and O–H groups in total. The van der Waals surface area contributed by atoms with Gasteiger partial charge >= 0.3 is 0 Å². The van der Waals surface area contributed by atoms with E-state index in [-0.39, 0.29) is 22.3 Å². The number of benzene rings is 1. The van der Waals surface area contributed by atoms with E-state index < -0.39 is 0 Å². The molecule has 1 saturated carbocycles. The number of allylic oxidation sites excluding steroid dienone is 4. The van der Waals surface area contributed by atoms with Crippen molar-refractivity contribution in [2.45, 2.75) is 92.1 Å². The fraction of sp³-hybridized carbons (Fsp3) is 0.636. The van der Waals surface area contributed by atoms with Crippen molar-refractivity contribution < 1.29 is 9.84 Å². The van der Waals surface area contributed by atoms with Gasteiger partial charge in [-0.15, -0.1) is 0 Å². The molecule has 2 heteroatoms. The summed E-state index contributed by atoms with van der Waals surface area (Å²) in [4.78, 5) is 0. The van der Waals surface area contributed by atoms with Crippen molar-refractivity contribution in [2.75, 3.05) is 7.11 Å². The van der Waals surface area contributed by atoms with E-state index in [1.54, 1.807) is 23.8 Å². The molecule has 0 heterocycles. The molecule has 0 aromatic heterocycles. The van der Waals surface area contributed by atoms with Crippen molar-refractivity contribution >= 4 is 0 Å². The smallest absolute Gasteiger partial charge is 0.118 e. The van der Waals surface area contributed by atoms with Crippen LogP contribution in [0, 0.1) is 45.8 Å². The van der Waals surface area contributed by atoms with Gasteiger partial charge in [-0.25, -0.2) is 0 Å². The molecule has 5 rings (SSSR count). The molecule has 188 valence electrons. The molecule has 6 atom stereocenters. The Labute approximate surface area is 213 Å². The van der Waals surface area contributed by atoms with Gasteiger partial charge in [0, 0.05) is 12.0 Å². The molecular weight excluding hydrogens is 428 g/mol. The highest BCUT2D eigenvalue weighted by Gasteiger charge is 2.57. The lowest BCUT2D eigenvalue weighted by molar-refractivity contribution is -0.0905. The largest absolute Gasteiger partial charge is 0.497 e. The van der Waals surface area contributed by atoms with Crippen molar-refractivity contribution in [2.24, 2.45) is 34.0 Å². The van der Waals surface area contributed by atoms with E-state index in [0.29, 0.717) is 17.8 Å². The van der Waals surface area contributed by atoms with Gasteiger partial charge in [-0.2, -0.15) is 0 Å². The van der Waals surface area contributed by atoms with E-state index in [2.05, 4.69) is 52.5 Å². The van der Waals surface area contributed by atoms with E-state index in [1.807, 2.05) is 24.3 Å². The maximum absolute atomic E-state index is 10.8. The molecular formula is C33H44O2. The lowest BCUT2D eigenvalue weighted by atomic mass is 9.46. The number of aliphatic hydroxyl groups is 1. The number of aliphatic hydroxyl groups excluding tert-OH is 1. The molecule has 2 nitrogen and oxygen atoms in total. The zero-order chi connectivity index (χ0) is 25.0. The second-order valence-electron chi connectivity index (χ2n) is 12.9. The van der Waals surface area contributed by atoms with Crippen molar-refractivity contribution in [3.8, 4) is 17.6 Å². The van der Waals surface area contributed by atoms with Gasteiger partial charge in [0.1, 0.15) is 5.75 Å². The molecule has 1 aromatic carbocycles. The third kappa shape index (κ3) is 3.90. The van der Waals surface area contributed by atoms with Gasteiger partial charge in [0.25, 0.3) is 0 Å². The van der Waals surface area contributed by atoms with Crippen LogP contribution in [0.4, 0.5) is 0 Å². The zero-order valence-electron chi connectivity index (χ0n) is 22.7. The predicted molar refractivity (Wildman–Crippen MR) is 144 cm³/mol. The van der Waals surface area contributed by atoms with E-state index in [9.17, 15) is 5.11 Å². The highest BCUT2D eigenvalue weighted by Crippen LogP contribution is 2.66. The number of fused-ring (bicyclic) bond motifs is 4. The minimum Gasteiger partial charge on any atom is -0.497 e. The average Bonchev–Trinajstić information content (AvgIpc) is 3.19. The maximum Gasteiger partial charge on any atom is 0.118 e. The summed E-state index contributed by atoms with van der Waals surface area (Å²) >= 11 is 0. The Morgan fingerprint density at radius 3 is 2.49 bits per heavy atom. The van der Waals surface area contributed by atoms with Crippen LogP contribution in [0.25, 0.3) is 0 Å². The molecule has 0 unspecified atom stereocenters. The van der Waals surface area contributed by atoms with Crippen LogP contribution in [0.15, 0.2) is 47.1 Å². The molecule has 0 spiro atoms. The Morgan fingerprint density at radius 1 is 1.03 bits per heavy atom. The van der Waals surface area contributed by atoms with Crippen LogP contribution in [0.5, 0.6) is 5.75 Å². The fourth-order valence-corrected chi connectivity index (χ4v) is 8.71. The summed E-state index contributed by atoms with van der Waals surface area (Å²) in [6.07, 6.45) is 11.6. The Balaban J connectivity index is 1.34. The predicted octanol–water partition coefficient (Wildman–Crippen LogP) is 7.71. The summed E-state index contributed by atoms with van der Waals surface area (Å²) in [7, 11) is 1.70. The molecule has 4 aliphatic carbocycles. The van der Waals surface area contributed by atoms with Gasteiger partial charge in [-0.1, -0.05) is 58.1 Å². The van der Waals surface area contributed by atoms with Crippen molar-refractivity contribution in [3.05, 3.63) is 52.6 Å². The summed E-state index contributed by atoms with van der Waals surface area (Å²) in [6, 6.07) is 8.06. The fourth-order valence-electron chi connectivity index (χ4n) is 8.71. The molecule has 0 bridgehead atoms. The quantitative estimate of drug-likeness (QED) is 0.456. The number of methoxy groups -OCH3 is 1. The van der Waals surface area contributed by atoms with E-state index in [0.717, 1.165) is 30.6 Å². The summed E-state index contributed by atoms with van der Waals surface area (Å²) in [5, 5.41) is 10.8. The van der Waals surface area contributed by atoms with Gasteiger partial charge < -0.3 is 9.84 Å². The number of hydrogen-bond donors (Lipinski definition) is 1. The van der Waals surface area contributed by atoms with E-state index in [1.165, 1.54) is 32.1 Å². The first-order valence-corrected chi connectivity index (χ1v) is 13.9. The SMILES string of the molecule is COc1ccc(C#CC[C@@H](C)[C@H]2CC=C3C4=C(CC[C@@]32C)[C@@]2(C)CC[C@H](O)C(C)(C)[C@@H]2CC4)cc1. The van der Waals surface area contributed by atoms with Gasteiger partial charge in [0.2, 0.25) is 0 Å². The second-order valence-corrected chi connectivity index (χ2v) is 12.9. The van der Waals surface area contributed by atoms with Gasteiger partial charge in [-0.05, 0) is 114 Å². The maximum atomic E-state index is 10.8. The van der Waals surface area contributed by atoms with Crippen molar-refractivity contribution in [1.29, 1.82) is 0 Å². The molecule has 35 heavy (non-hydrogen) atoms. The summed E-state index contributed by atoms with van der Waals surface area (Å²) < 4.78 is 5.26. The highest BCUT2D eigenvalue weighted by molar-refractivity contribution is 5.50. The van der Waals surface area contributed by atoms with Crippen LogP contribution in [-0.2, 0) is 0 Å². The molecule has 0 saturated heterocycles. The first kappa shape index (κ1) is 24.7. The summed E-state index contributed by atoms with van der Waals surface area (Å²) in [6.45, 7) is 12.1. The second kappa shape index (κ2) is 8.85. The lowest BCUT2D eigenvalue weighted by Gasteiger charge is -2.59. The van der Waals surface area contributed by atoms with Crippen LogP contribution >= 0.6 is 0 Å². The van der Waals surface area contributed by atoms with E-state index in [4.69, 9.17) is 4.74 Å². The van der Waals surface area contributed by atoms with Crippen LogP contribution in [-0.4, -0.2) is 18.3 Å². The minimum atomic E-state index is -0.161. The number of hydrogen-bond acceptors (Lipinski definition) is 2. The van der Waals surface area contributed by atoms with Gasteiger partial charge in [0.05, 0.1) is 13.2 Å². The summed E-state index contributed by atoms with van der Waals surface area (Å²) in [5.74, 6) is 9.59. The molecule has 1 fully saturated rings. The lowest BCUT2D eigenvalue weighted by Crippen LogP contribution is -2.53. The van der Waals surface area contributed by atoms with Gasteiger partial charge in [0.15, 0.2) is 0 Å². The number of rotatable bonds is 3. The number of ether oxygens (including phenoxy) is 1. The van der Waals surface area contributed by atoms with Crippen molar-refractivity contribution in [3.63, 3.8) is 0 Å². The third-order valence-electron chi connectivity index (χ3n) is 10.9. The molecule has 4 aliphatic rings. The van der Waals surface area contributed by atoms with Crippen LogP contribution < -0.4 is 4.74 Å². The Kier molecular flexibility index (Phi) is 6.24. The Morgan fingerprint density at radius 2 is 1.77 bits per heavy atom. The topological polar surface area (TPSA) is 29.5 Å². The Bertz CT molecular complexity index is 1090. The molecule has 1 aromatic rings. The van der Waals surface area contributed by atoms with Crippen molar-refractivity contribution in [1.82, 2.24) is 0 Å².